The lowest BCUT2D eigenvalue weighted by Gasteiger charge is -2.02. The van der Waals surface area contributed by atoms with Gasteiger partial charge in [0.1, 0.15) is 0 Å². The SMILES string of the molecule is CCOC(=O)NCCc1nc(C(=O)O)cs1. The maximum absolute atomic E-state index is 10.9. The number of carbonyl (C=O) groups excluding carboxylic acids is 1. The first-order chi connectivity index (χ1) is 7.63. The van der Waals surface area contributed by atoms with E-state index in [9.17, 15) is 9.59 Å². The molecule has 1 heterocycles. The zero-order chi connectivity index (χ0) is 12.0. The number of nitrogens with one attached hydrogen (secondary N) is 1. The van der Waals surface area contributed by atoms with E-state index in [4.69, 9.17) is 5.11 Å². The van der Waals surface area contributed by atoms with Gasteiger partial charge in [0.15, 0.2) is 5.69 Å². The van der Waals surface area contributed by atoms with E-state index < -0.39 is 12.1 Å². The van der Waals surface area contributed by atoms with Gasteiger partial charge in [0.25, 0.3) is 0 Å². The van der Waals surface area contributed by atoms with Crippen LogP contribution in [0.1, 0.15) is 22.4 Å². The highest BCUT2D eigenvalue weighted by Crippen LogP contribution is 2.09. The van der Waals surface area contributed by atoms with E-state index in [-0.39, 0.29) is 5.69 Å². The minimum Gasteiger partial charge on any atom is -0.476 e. The highest BCUT2D eigenvalue weighted by Gasteiger charge is 2.08. The molecule has 0 saturated carbocycles. The molecule has 1 aromatic rings. The molecule has 88 valence electrons. The normalized spacial score (nSPS) is 9.81. The van der Waals surface area contributed by atoms with Crippen LogP contribution in [-0.2, 0) is 11.2 Å². The van der Waals surface area contributed by atoms with Crippen LogP contribution in [-0.4, -0.2) is 35.3 Å². The highest BCUT2D eigenvalue weighted by atomic mass is 32.1. The lowest BCUT2D eigenvalue weighted by atomic mass is 10.4. The van der Waals surface area contributed by atoms with Crippen LogP contribution in [0.3, 0.4) is 0 Å². The Morgan fingerprint density at radius 3 is 2.94 bits per heavy atom. The summed E-state index contributed by atoms with van der Waals surface area (Å²) in [7, 11) is 0. The summed E-state index contributed by atoms with van der Waals surface area (Å²) < 4.78 is 4.66. The highest BCUT2D eigenvalue weighted by molar-refractivity contribution is 7.09. The van der Waals surface area contributed by atoms with E-state index in [1.807, 2.05) is 0 Å². The Hall–Kier alpha value is -1.63. The lowest BCUT2D eigenvalue weighted by Crippen LogP contribution is -2.26. The first kappa shape index (κ1) is 12.4. The molecule has 0 spiro atoms. The molecule has 0 aliphatic rings. The monoisotopic (exact) mass is 244 g/mol. The average Bonchev–Trinajstić information content (AvgIpc) is 2.67. The molecule has 0 aromatic carbocycles. The molecule has 1 rings (SSSR count). The van der Waals surface area contributed by atoms with E-state index in [0.717, 1.165) is 0 Å². The van der Waals surface area contributed by atoms with Gasteiger partial charge in [-0.05, 0) is 6.92 Å². The molecule has 0 atom stereocenters. The van der Waals surface area contributed by atoms with Crippen molar-refractivity contribution in [3.05, 3.63) is 16.1 Å². The van der Waals surface area contributed by atoms with Gasteiger partial charge < -0.3 is 15.2 Å². The molecular weight excluding hydrogens is 232 g/mol. The second-order valence-electron chi connectivity index (χ2n) is 2.83. The Morgan fingerprint density at radius 1 is 1.62 bits per heavy atom. The molecular formula is C9H12N2O4S. The predicted octanol–water partition coefficient (Wildman–Crippen LogP) is 1.13. The standard InChI is InChI=1S/C9H12N2O4S/c1-2-15-9(14)10-4-3-7-11-6(5-16-7)8(12)13/h5H,2-4H2,1H3,(H,10,14)(H,12,13). The van der Waals surface area contributed by atoms with Crippen molar-refractivity contribution >= 4 is 23.4 Å². The van der Waals surface area contributed by atoms with Crippen molar-refractivity contribution in [2.24, 2.45) is 0 Å². The van der Waals surface area contributed by atoms with Crippen molar-refractivity contribution in [2.75, 3.05) is 13.2 Å². The van der Waals surface area contributed by atoms with Crippen LogP contribution in [0.2, 0.25) is 0 Å². The summed E-state index contributed by atoms with van der Waals surface area (Å²) in [6.07, 6.45) is 0.0223. The molecule has 0 fully saturated rings. The quantitative estimate of drug-likeness (QED) is 0.810. The average molecular weight is 244 g/mol. The summed E-state index contributed by atoms with van der Waals surface area (Å²) in [5.41, 5.74) is 0.0381. The fourth-order valence-corrected chi connectivity index (χ4v) is 1.75. The van der Waals surface area contributed by atoms with Crippen molar-refractivity contribution in [1.82, 2.24) is 10.3 Å². The number of aromatic carboxylic acids is 1. The van der Waals surface area contributed by atoms with Gasteiger partial charge in [0.05, 0.1) is 11.6 Å². The summed E-state index contributed by atoms with van der Waals surface area (Å²) in [5.74, 6) is -1.04. The van der Waals surface area contributed by atoms with Crippen molar-refractivity contribution in [1.29, 1.82) is 0 Å². The molecule has 0 aliphatic carbocycles. The molecule has 1 amide bonds. The number of alkyl carbamates (subject to hydrolysis) is 1. The van der Waals surface area contributed by atoms with Gasteiger partial charge >= 0.3 is 12.1 Å². The number of carboxylic acid groups (broad SMARTS) is 1. The molecule has 0 aliphatic heterocycles. The second-order valence-corrected chi connectivity index (χ2v) is 3.77. The van der Waals surface area contributed by atoms with E-state index in [2.05, 4.69) is 15.0 Å². The van der Waals surface area contributed by atoms with Crippen LogP contribution in [0, 0.1) is 0 Å². The molecule has 0 unspecified atom stereocenters. The third-order valence-electron chi connectivity index (χ3n) is 1.65. The maximum Gasteiger partial charge on any atom is 0.407 e. The Bertz CT molecular complexity index is 377. The Balaban J connectivity index is 2.32. The zero-order valence-electron chi connectivity index (χ0n) is 8.73. The van der Waals surface area contributed by atoms with Crippen molar-refractivity contribution in [3.8, 4) is 0 Å². The van der Waals surface area contributed by atoms with Crippen LogP contribution < -0.4 is 5.32 Å². The number of hydrogen-bond acceptors (Lipinski definition) is 5. The molecule has 2 N–H and O–H groups in total. The number of hydrogen-bond donors (Lipinski definition) is 2. The van der Waals surface area contributed by atoms with Gasteiger partial charge in [-0.15, -0.1) is 11.3 Å². The summed E-state index contributed by atoms with van der Waals surface area (Å²) in [6.45, 7) is 2.43. The molecule has 1 aromatic heterocycles. The second kappa shape index (κ2) is 6.06. The molecule has 0 bridgehead atoms. The fraction of sp³-hybridized carbons (Fsp3) is 0.444. The number of rotatable bonds is 5. The van der Waals surface area contributed by atoms with Gasteiger partial charge in [-0.2, -0.15) is 0 Å². The number of thiazole rings is 1. The van der Waals surface area contributed by atoms with Crippen molar-refractivity contribution in [3.63, 3.8) is 0 Å². The third-order valence-corrected chi connectivity index (χ3v) is 2.56. The van der Waals surface area contributed by atoms with Crippen LogP contribution in [0.5, 0.6) is 0 Å². The summed E-state index contributed by atoms with van der Waals surface area (Å²) in [6, 6.07) is 0. The molecule has 7 heteroatoms. The number of carbonyl (C=O) groups is 2. The topological polar surface area (TPSA) is 88.5 Å². The predicted molar refractivity (Wildman–Crippen MR) is 57.8 cm³/mol. The fourth-order valence-electron chi connectivity index (χ4n) is 0.978. The van der Waals surface area contributed by atoms with Crippen LogP contribution in [0.4, 0.5) is 4.79 Å². The van der Waals surface area contributed by atoms with Gasteiger partial charge in [-0.1, -0.05) is 0 Å². The van der Waals surface area contributed by atoms with E-state index in [1.54, 1.807) is 6.92 Å². The molecule has 16 heavy (non-hydrogen) atoms. The van der Waals surface area contributed by atoms with Crippen LogP contribution >= 0.6 is 11.3 Å². The minimum atomic E-state index is -1.04. The number of nitrogens with zero attached hydrogens (tertiary/aromatic N) is 1. The van der Waals surface area contributed by atoms with Gasteiger partial charge in [-0.25, -0.2) is 14.6 Å². The van der Waals surface area contributed by atoms with E-state index in [0.29, 0.717) is 24.6 Å². The molecule has 0 saturated heterocycles. The maximum atomic E-state index is 10.9. The van der Waals surface area contributed by atoms with E-state index in [1.165, 1.54) is 16.7 Å². The number of ether oxygens (including phenoxy) is 1. The van der Waals surface area contributed by atoms with Gasteiger partial charge in [0, 0.05) is 18.3 Å². The minimum absolute atomic E-state index is 0.0381. The van der Waals surface area contributed by atoms with Crippen molar-refractivity contribution in [2.45, 2.75) is 13.3 Å². The third kappa shape index (κ3) is 3.85. The van der Waals surface area contributed by atoms with Crippen molar-refractivity contribution < 1.29 is 19.4 Å². The zero-order valence-corrected chi connectivity index (χ0v) is 9.54. The summed E-state index contributed by atoms with van der Waals surface area (Å²) >= 11 is 1.26. The summed E-state index contributed by atoms with van der Waals surface area (Å²) in [4.78, 5) is 25.3. The number of amides is 1. The molecule has 6 nitrogen and oxygen atoms in total. The largest absolute Gasteiger partial charge is 0.476 e. The number of carboxylic acids is 1. The van der Waals surface area contributed by atoms with Crippen LogP contribution in [0.25, 0.3) is 0 Å². The Morgan fingerprint density at radius 2 is 2.38 bits per heavy atom. The van der Waals surface area contributed by atoms with Gasteiger partial charge in [0.2, 0.25) is 0 Å². The molecule has 0 radical (unpaired) electrons. The first-order valence-corrected chi connectivity index (χ1v) is 5.59. The summed E-state index contributed by atoms with van der Waals surface area (Å²) in [5, 5.41) is 13.3. The lowest BCUT2D eigenvalue weighted by molar-refractivity contribution is 0.0691. The van der Waals surface area contributed by atoms with Gasteiger partial charge in [-0.3, -0.25) is 0 Å². The first-order valence-electron chi connectivity index (χ1n) is 4.71. The smallest absolute Gasteiger partial charge is 0.407 e. The Labute approximate surface area is 96.3 Å². The Kier molecular flexibility index (Phi) is 4.71. The van der Waals surface area contributed by atoms with E-state index >= 15 is 0 Å². The van der Waals surface area contributed by atoms with Crippen LogP contribution in [0.15, 0.2) is 5.38 Å². The number of aromatic nitrogens is 1.